The minimum Gasteiger partial charge on any atom is -0.389 e. The molecule has 2 rings (SSSR count). The molecule has 3 N–H and O–H groups in total. The van der Waals surface area contributed by atoms with E-state index in [1.807, 2.05) is 43.3 Å². The smallest absolute Gasteiger partial charge is 0.194 e. The molecule has 2 aromatic rings. The molecule has 7 heteroatoms. The molecule has 1 unspecified atom stereocenters. The van der Waals surface area contributed by atoms with Gasteiger partial charge in [-0.1, -0.05) is 44.2 Å². The number of aromatic nitrogens is 2. The van der Waals surface area contributed by atoms with Gasteiger partial charge in [0.1, 0.15) is 5.82 Å². The van der Waals surface area contributed by atoms with Crippen LogP contribution in [0.4, 0.5) is 0 Å². The van der Waals surface area contributed by atoms with Crippen molar-refractivity contribution in [2.24, 2.45) is 10.9 Å². The zero-order valence-electron chi connectivity index (χ0n) is 17.4. The van der Waals surface area contributed by atoms with Gasteiger partial charge in [0.15, 0.2) is 5.96 Å². The summed E-state index contributed by atoms with van der Waals surface area (Å²) in [6.45, 7) is 8.74. The van der Waals surface area contributed by atoms with E-state index >= 15 is 0 Å². The molecule has 0 saturated carbocycles. The number of nitrogens with one attached hydrogen (secondary N) is 2. The molecule has 154 valence electrons. The van der Waals surface area contributed by atoms with Gasteiger partial charge in [0.25, 0.3) is 0 Å². The van der Waals surface area contributed by atoms with Gasteiger partial charge in [-0.05, 0) is 18.4 Å². The average molecular weight is 388 g/mol. The molecular formula is C21H33N5O2. The monoisotopic (exact) mass is 387 g/mol. The van der Waals surface area contributed by atoms with Gasteiger partial charge < -0.3 is 25.0 Å². The Balaban J connectivity index is 1.93. The zero-order valence-corrected chi connectivity index (χ0v) is 17.4. The van der Waals surface area contributed by atoms with Crippen molar-refractivity contribution >= 4 is 5.96 Å². The van der Waals surface area contributed by atoms with Crippen LogP contribution in [0.3, 0.4) is 0 Å². The number of hydrogen-bond acceptors (Lipinski definition) is 4. The fraction of sp³-hybridized carbons (Fsp3) is 0.524. The maximum Gasteiger partial charge on any atom is 0.194 e. The molecule has 0 amide bonds. The van der Waals surface area contributed by atoms with Crippen LogP contribution < -0.4 is 5.32 Å². The van der Waals surface area contributed by atoms with Gasteiger partial charge >= 0.3 is 0 Å². The predicted molar refractivity (Wildman–Crippen MR) is 113 cm³/mol. The summed E-state index contributed by atoms with van der Waals surface area (Å²) in [7, 11) is 1.95. The van der Waals surface area contributed by atoms with Crippen molar-refractivity contribution in [2.45, 2.75) is 33.4 Å². The van der Waals surface area contributed by atoms with Crippen LogP contribution >= 0.6 is 0 Å². The topological polar surface area (TPSA) is 85.8 Å². The first-order chi connectivity index (χ1) is 13.5. The van der Waals surface area contributed by atoms with E-state index in [0.29, 0.717) is 25.7 Å². The first kappa shape index (κ1) is 21.9. The Kier molecular flexibility index (Phi) is 8.97. The second-order valence-corrected chi connectivity index (χ2v) is 7.25. The highest BCUT2D eigenvalue weighted by atomic mass is 16.5. The van der Waals surface area contributed by atoms with Gasteiger partial charge in [-0.3, -0.25) is 4.99 Å². The third-order valence-electron chi connectivity index (χ3n) is 4.01. The molecule has 0 aliphatic rings. The summed E-state index contributed by atoms with van der Waals surface area (Å²) in [5, 5.41) is 13.3. The second kappa shape index (κ2) is 11.5. The Labute approximate surface area is 167 Å². The van der Waals surface area contributed by atoms with Crippen molar-refractivity contribution < 1.29 is 9.84 Å². The lowest BCUT2D eigenvalue weighted by Gasteiger charge is -2.21. The molecular weight excluding hydrogens is 354 g/mol. The minimum absolute atomic E-state index is 0.290. The SMILES string of the molecule is CCNC(=NCC(O)COCC(C)C)N(C)Cc1ncc(-c2ccccc2)[nH]1. The largest absolute Gasteiger partial charge is 0.389 e. The average Bonchev–Trinajstić information content (AvgIpc) is 3.14. The van der Waals surface area contributed by atoms with E-state index in [0.717, 1.165) is 29.6 Å². The normalized spacial score (nSPS) is 13.0. The van der Waals surface area contributed by atoms with Crippen molar-refractivity contribution in [3.63, 3.8) is 0 Å². The Morgan fingerprint density at radius 3 is 2.71 bits per heavy atom. The number of benzene rings is 1. The van der Waals surface area contributed by atoms with Crippen molar-refractivity contribution in [3.8, 4) is 11.3 Å². The molecule has 1 atom stereocenters. The van der Waals surface area contributed by atoms with Crippen LogP contribution in [0.2, 0.25) is 0 Å². The number of imidazole rings is 1. The van der Waals surface area contributed by atoms with Crippen LogP contribution in [-0.4, -0.2) is 65.4 Å². The molecule has 1 aromatic carbocycles. The van der Waals surface area contributed by atoms with Crippen LogP contribution in [0.15, 0.2) is 41.5 Å². The summed E-state index contributed by atoms with van der Waals surface area (Å²) in [5.41, 5.74) is 2.10. The summed E-state index contributed by atoms with van der Waals surface area (Å²) in [6, 6.07) is 10.1. The summed E-state index contributed by atoms with van der Waals surface area (Å²) < 4.78 is 5.48. The fourth-order valence-corrected chi connectivity index (χ4v) is 2.66. The van der Waals surface area contributed by atoms with Gasteiger partial charge in [0.05, 0.1) is 37.7 Å². The lowest BCUT2D eigenvalue weighted by Crippen LogP contribution is -2.39. The van der Waals surface area contributed by atoms with Crippen molar-refractivity contribution in [1.82, 2.24) is 20.2 Å². The lowest BCUT2D eigenvalue weighted by molar-refractivity contribution is 0.0300. The van der Waals surface area contributed by atoms with Crippen LogP contribution in [0.5, 0.6) is 0 Å². The molecule has 0 saturated heterocycles. The highest BCUT2D eigenvalue weighted by Crippen LogP contribution is 2.16. The van der Waals surface area contributed by atoms with Crippen LogP contribution in [0.1, 0.15) is 26.6 Å². The number of nitrogens with zero attached hydrogens (tertiary/aromatic N) is 3. The third-order valence-corrected chi connectivity index (χ3v) is 4.01. The Morgan fingerprint density at radius 2 is 2.04 bits per heavy atom. The Hall–Kier alpha value is -2.38. The molecule has 7 nitrogen and oxygen atoms in total. The third kappa shape index (κ3) is 7.32. The predicted octanol–water partition coefficient (Wildman–Crippen LogP) is 2.51. The van der Waals surface area contributed by atoms with E-state index in [9.17, 15) is 5.11 Å². The van der Waals surface area contributed by atoms with Gasteiger partial charge in [0, 0.05) is 20.2 Å². The molecule has 1 aromatic heterocycles. The highest BCUT2D eigenvalue weighted by Gasteiger charge is 2.11. The van der Waals surface area contributed by atoms with Gasteiger partial charge in [-0.25, -0.2) is 4.98 Å². The number of aliphatic imine (C=N–C) groups is 1. The summed E-state index contributed by atoms with van der Waals surface area (Å²) in [5.74, 6) is 2.03. The maximum atomic E-state index is 10.1. The first-order valence-corrected chi connectivity index (χ1v) is 9.84. The molecule has 28 heavy (non-hydrogen) atoms. The number of aromatic amines is 1. The minimum atomic E-state index is -0.617. The number of guanidine groups is 1. The Bertz CT molecular complexity index is 715. The number of H-pyrrole nitrogens is 1. The van der Waals surface area contributed by atoms with Crippen LogP contribution in [-0.2, 0) is 11.3 Å². The summed E-state index contributed by atoms with van der Waals surface area (Å²) >= 11 is 0. The highest BCUT2D eigenvalue weighted by molar-refractivity contribution is 5.79. The number of aliphatic hydroxyl groups excluding tert-OH is 1. The molecule has 1 heterocycles. The number of ether oxygens (including phenoxy) is 1. The molecule has 0 radical (unpaired) electrons. The van der Waals surface area contributed by atoms with Crippen molar-refractivity contribution in [1.29, 1.82) is 0 Å². The number of rotatable bonds is 10. The van der Waals surface area contributed by atoms with E-state index < -0.39 is 6.10 Å². The molecule has 0 aliphatic carbocycles. The van der Waals surface area contributed by atoms with E-state index in [2.05, 4.69) is 46.3 Å². The quantitative estimate of drug-likeness (QED) is 0.431. The van der Waals surface area contributed by atoms with Gasteiger partial charge in [0.2, 0.25) is 0 Å². The van der Waals surface area contributed by atoms with Crippen LogP contribution in [0, 0.1) is 5.92 Å². The van der Waals surface area contributed by atoms with Crippen molar-refractivity contribution in [3.05, 3.63) is 42.4 Å². The molecule has 0 bridgehead atoms. The number of aliphatic hydroxyl groups is 1. The summed E-state index contributed by atoms with van der Waals surface area (Å²) in [4.78, 5) is 14.4. The molecule has 0 fully saturated rings. The van der Waals surface area contributed by atoms with Crippen LogP contribution in [0.25, 0.3) is 11.3 Å². The maximum absolute atomic E-state index is 10.1. The summed E-state index contributed by atoms with van der Waals surface area (Å²) in [6.07, 6.45) is 1.23. The van der Waals surface area contributed by atoms with Gasteiger partial charge in [-0.2, -0.15) is 0 Å². The van der Waals surface area contributed by atoms with Gasteiger partial charge in [-0.15, -0.1) is 0 Å². The van der Waals surface area contributed by atoms with E-state index in [4.69, 9.17) is 4.74 Å². The number of hydrogen-bond donors (Lipinski definition) is 3. The molecule has 0 aliphatic heterocycles. The van der Waals surface area contributed by atoms with E-state index in [1.165, 1.54) is 0 Å². The fourth-order valence-electron chi connectivity index (χ4n) is 2.66. The molecule has 0 spiro atoms. The van der Waals surface area contributed by atoms with Crippen molar-refractivity contribution in [2.75, 3.05) is 33.4 Å². The second-order valence-electron chi connectivity index (χ2n) is 7.25. The standard InChI is InChI=1S/C21H33N5O2/c1-5-22-21(24-11-18(27)15-28-14-16(2)3)26(4)13-20-23-12-19(25-20)17-9-7-6-8-10-17/h6-10,12,16,18,27H,5,11,13-15H2,1-4H3,(H,22,24)(H,23,25). The zero-order chi connectivity index (χ0) is 20.4. The lowest BCUT2D eigenvalue weighted by atomic mass is 10.2. The first-order valence-electron chi connectivity index (χ1n) is 9.84. The van der Waals surface area contributed by atoms with E-state index in [-0.39, 0.29) is 6.54 Å². The Morgan fingerprint density at radius 1 is 1.29 bits per heavy atom. The van der Waals surface area contributed by atoms with E-state index in [1.54, 1.807) is 0 Å².